The second-order valence-electron chi connectivity index (χ2n) is 4.24. The van der Waals surface area contributed by atoms with Gasteiger partial charge in [-0.3, -0.25) is 4.79 Å². The summed E-state index contributed by atoms with van der Waals surface area (Å²) in [6.45, 7) is 2.53. The molecule has 0 heterocycles. The highest BCUT2D eigenvalue weighted by Gasteiger charge is 2.06. The van der Waals surface area contributed by atoms with Crippen molar-refractivity contribution < 1.29 is 9.53 Å². The molecule has 1 amide bonds. The van der Waals surface area contributed by atoms with Crippen molar-refractivity contribution in [3.05, 3.63) is 54.1 Å². The Morgan fingerprint density at radius 1 is 1.10 bits per heavy atom. The van der Waals surface area contributed by atoms with Gasteiger partial charge in [-0.1, -0.05) is 6.07 Å². The molecule has 0 saturated carbocycles. The van der Waals surface area contributed by atoms with Gasteiger partial charge in [0.1, 0.15) is 5.75 Å². The molecule has 2 aromatic carbocycles. The molecule has 0 fully saturated rings. The molecule has 0 atom stereocenters. The maximum Gasteiger partial charge on any atom is 0.255 e. The van der Waals surface area contributed by atoms with Crippen LogP contribution in [0.2, 0.25) is 0 Å². The van der Waals surface area contributed by atoms with Crippen LogP contribution >= 0.6 is 0 Å². The van der Waals surface area contributed by atoms with Gasteiger partial charge < -0.3 is 15.4 Å². The zero-order valence-corrected chi connectivity index (χ0v) is 11.6. The number of hydrogen-bond acceptors (Lipinski definition) is 3. The topological polar surface area (TPSA) is 50.4 Å². The van der Waals surface area contributed by atoms with Crippen LogP contribution in [0.3, 0.4) is 0 Å². The maximum atomic E-state index is 12.1. The molecule has 2 aromatic rings. The number of carbonyl (C=O) groups is 1. The van der Waals surface area contributed by atoms with E-state index >= 15 is 0 Å². The molecule has 2 rings (SSSR count). The van der Waals surface area contributed by atoms with Gasteiger partial charge in [0.25, 0.3) is 5.91 Å². The summed E-state index contributed by atoms with van der Waals surface area (Å²) >= 11 is 0. The molecule has 0 saturated heterocycles. The van der Waals surface area contributed by atoms with Gasteiger partial charge in [-0.25, -0.2) is 0 Å². The summed E-state index contributed by atoms with van der Waals surface area (Å²) in [6, 6.07) is 14.7. The SMILES string of the molecule is CCOc1cccc(NC(=O)c2ccc(NC)cc2)c1. The number of nitrogens with one attached hydrogen (secondary N) is 2. The Morgan fingerprint density at radius 2 is 1.85 bits per heavy atom. The van der Waals surface area contributed by atoms with E-state index in [1.165, 1.54) is 0 Å². The second-order valence-corrected chi connectivity index (χ2v) is 4.24. The second kappa shape index (κ2) is 6.61. The van der Waals surface area contributed by atoms with E-state index < -0.39 is 0 Å². The monoisotopic (exact) mass is 270 g/mol. The molecule has 104 valence electrons. The Bertz CT molecular complexity index is 579. The third-order valence-electron chi connectivity index (χ3n) is 2.84. The number of carbonyl (C=O) groups excluding carboxylic acids is 1. The van der Waals surface area contributed by atoms with Gasteiger partial charge in [0.15, 0.2) is 0 Å². The Kier molecular flexibility index (Phi) is 4.60. The van der Waals surface area contributed by atoms with Gasteiger partial charge in [-0.05, 0) is 43.3 Å². The quantitative estimate of drug-likeness (QED) is 0.875. The summed E-state index contributed by atoms with van der Waals surface area (Å²) in [4.78, 5) is 12.1. The molecule has 0 spiro atoms. The first-order valence-corrected chi connectivity index (χ1v) is 6.55. The molecule has 0 aromatic heterocycles. The first-order valence-electron chi connectivity index (χ1n) is 6.55. The van der Waals surface area contributed by atoms with E-state index in [1.807, 2.05) is 50.4 Å². The summed E-state index contributed by atoms with van der Waals surface area (Å²) < 4.78 is 5.40. The Morgan fingerprint density at radius 3 is 2.50 bits per heavy atom. The number of hydrogen-bond donors (Lipinski definition) is 2. The zero-order valence-electron chi connectivity index (χ0n) is 11.6. The van der Waals surface area contributed by atoms with Gasteiger partial charge in [-0.2, -0.15) is 0 Å². The third kappa shape index (κ3) is 3.51. The third-order valence-corrected chi connectivity index (χ3v) is 2.84. The van der Waals surface area contributed by atoms with Crippen LogP contribution in [0.25, 0.3) is 0 Å². The summed E-state index contributed by atoms with van der Waals surface area (Å²) in [7, 11) is 1.84. The minimum absolute atomic E-state index is 0.138. The number of benzene rings is 2. The van der Waals surface area contributed by atoms with Crippen molar-refractivity contribution in [2.24, 2.45) is 0 Å². The molecule has 0 bridgehead atoms. The van der Waals surface area contributed by atoms with Crippen molar-refractivity contribution in [1.82, 2.24) is 0 Å². The van der Waals surface area contributed by atoms with Crippen LogP contribution in [0.4, 0.5) is 11.4 Å². The molecule has 0 aliphatic rings. The van der Waals surface area contributed by atoms with E-state index in [-0.39, 0.29) is 5.91 Å². The molecule has 0 unspecified atom stereocenters. The fourth-order valence-electron chi connectivity index (χ4n) is 1.82. The summed E-state index contributed by atoms with van der Waals surface area (Å²) in [5.41, 5.74) is 2.31. The molecule has 2 N–H and O–H groups in total. The fraction of sp³-hybridized carbons (Fsp3) is 0.188. The highest BCUT2D eigenvalue weighted by Crippen LogP contribution is 2.18. The van der Waals surface area contributed by atoms with E-state index in [0.717, 1.165) is 17.1 Å². The molecule has 4 nitrogen and oxygen atoms in total. The number of ether oxygens (including phenoxy) is 1. The zero-order chi connectivity index (χ0) is 14.4. The number of anilines is 2. The molecule has 0 aliphatic carbocycles. The first-order chi connectivity index (χ1) is 9.72. The fourth-order valence-corrected chi connectivity index (χ4v) is 1.82. The van der Waals surface area contributed by atoms with Crippen LogP contribution in [-0.4, -0.2) is 19.6 Å². The normalized spacial score (nSPS) is 9.90. The van der Waals surface area contributed by atoms with Crippen molar-refractivity contribution in [2.45, 2.75) is 6.92 Å². The van der Waals surface area contributed by atoms with Crippen LogP contribution in [-0.2, 0) is 0 Å². The van der Waals surface area contributed by atoms with Crippen LogP contribution in [0, 0.1) is 0 Å². The lowest BCUT2D eigenvalue weighted by Crippen LogP contribution is -2.11. The van der Waals surface area contributed by atoms with E-state index in [0.29, 0.717) is 12.2 Å². The van der Waals surface area contributed by atoms with Crippen molar-refractivity contribution in [2.75, 3.05) is 24.3 Å². The number of amides is 1. The predicted molar refractivity (Wildman–Crippen MR) is 81.6 cm³/mol. The highest BCUT2D eigenvalue weighted by molar-refractivity contribution is 6.04. The van der Waals surface area contributed by atoms with Crippen LogP contribution in [0.5, 0.6) is 5.75 Å². The molecular formula is C16H18N2O2. The lowest BCUT2D eigenvalue weighted by atomic mass is 10.2. The molecule has 4 heteroatoms. The smallest absolute Gasteiger partial charge is 0.255 e. The average molecular weight is 270 g/mol. The minimum atomic E-state index is -0.138. The standard InChI is InChI=1S/C16H18N2O2/c1-3-20-15-6-4-5-14(11-15)18-16(19)12-7-9-13(17-2)10-8-12/h4-11,17H,3H2,1-2H3,(H,18,19). The van der Waals surface area contributed by atoms with Crippen LogP contribution in [0.15, 0.2) is 48.5 Å². The molecular weight excluding hydrogens is 252 g/mol. The van der Waals surface area contributed by atoms with Crippen molar-refractivity contribution >= 4 is 17.3 Å². The largest absolute Gasteiger partial charge is 0.494 e. The van der Waals surface area contributed by atoms with Gasteiger partial charge in [0.05, 0.1) is 6.61 Å². The van der Waals surface area contributed by atoms with Gasteiger partial charge >= 0.3 is 0 Å². The Labute approximate surface area is 118 Å². The van der Waals surface area contributed by atoms with Gasteiger partial charge in [0, 0.05) is 30.1 Å². The lowest BCUT2D eigenvalue weighted by molar-refractivity contribution is 0.102. The summed E-state index contributed by atoms with van der Waals surface area (Å²) in [6.07, 6.45) is 0. The van der Waals surface area contributed by atoms with Crippen molar-refractivity contribution in [3.63, 3.8) is 0 Å². The van der Waals surface area contributed by atoms with Crippen molar-refractivity contribution in [1.29, 1.82) is 0 Å². The summed E-state index contributed by atoms with van der Waals surface area (Å²) in [5.74, 6) is 0.608. The molecule has 20 heavy (non-hydrogen) atoms. The predicted octanol–water partition coefficient (Wildman–Crippen LogP) is 3.38. The molecule has 0 aliphatic heterocycles. The van der Waals surface area contributed by atoms with E-state index in [9.17, 15) is 4.79 Å². The minimum Gasteiger partial charge on any atom is -0.494 e. The van der Waals surface area contributed by atoms with Crippen LogP contribution < -0.4 is 15.4 Å². The van der Waals surface area contributed by atoms with E-state index in [1.54, 1.807) is 12.1 Å². The van der Waals surface area contributed by atoms with E-state index in [4.69, 9.17) is 4.74 Å². The first kappa shape index (κ1) is 13.9. The molecule has 0 radical (unpaired) electrons. The van der Waals surface area contributed by atoms with E-state index in [2.05, 4.69) is 10.6 Å². The van der Waals surface area contributed by atoms with Gasteiger partial charge in [-0.15, -0.1) is 0 Å². The Balaban J connectivity index is 2.08. The summed E-state index contributed by atoms with van der Waals surface area (Å²) in [5, 5.41) is 5.87. The van der Waals surface area contributed by atoms with Gasteiger partial charge in [0.2, 0.25) is 0 Å². The average Bonchev–Trinajstić information content (AvgIpc) is 2.48. The Hall–Kier alpha value is -2.49. The van der Waals surface area contributed by atoms with Crippen molar-refractivity contribution in [3.8, 4) is 5.75 Å². The lowest BCUT2D eigenvalue weighted by Gasteiger charge is -2.08. The van der Waals surface area contributed by atoms with Crippen LogP contribution in [0.1, 0.15) is 17.3 Å². The number of rotatable bonds is 5. The maximum absolute atomic E-state index is 12.1. The highest BCUT2D eigenvalue weighted by atomic mass is 16.5.